The lowest BCUT2D eigenvalue weighted by molar-refractivity contribution is 0.107. The second-order valence-electron chi connectivity index (χ2n) is 6.57. The van der Waals surface area contributed by atoms with Gasteiger partial charge in [0.05, 0.1) is 17.4 Å². The van der Waals surface area contributed by atoms with Crippen LogP contribution in [0.3, 0.4) is 0 Å². The Balaban J connectivity index is 0.00000144. The van der Waals surface area contributed by atoms with Crippen molar-refractivity contribution in [1.29, 1.82) is 0 Å². The standard InChI is InChI=1S/C18H21N3.ClH/c19-18(16-13-20-10-11-21-16)15-7-3-2-6-14(15)12-17(18)8-4-1-5-9-17;/h2-3,6-7,10-11,13H,1,4-5,8-9,12,19H2;1H. The molecule has 1 atom stereocenters. The molecule has 116 valence electrons. The number of halogens is 1. The Labute approximate surface area is 137 Å². The first-order chi connectivity index (χ1) is 10.3. The van der Waals surface area contributed by atoms with Crippen LogP contribution >= 0.6 is 12.4 Å². The average molecular weight is 316 g/mol. The largest absolute Gasteiger partial charge is 0.316 e. The molecule has 1 heterocycles. The number of benzene rings is 1. The van der Waals surface area contributed by atoms with Gasteiger partial charge in [-0.3, -0.25) is 9.97 Å². The van der Waals surface area contributed by atoms with Gasteiger partial charge in [0.1, 0.15) is 0 Å². The third-order valence-corrected chi connectivity index (χ3v) is 5.59. The number of hydrogen-bond acceptors (Lipinski definition) is 3. The van der Waals surface area contributed by atoms with Crippen LogP contribution in [0.2, 0.25) is 0 Å². The third kappa shape index (κ3) is 1.99. The summed E-state index contributed by atoms with van der Waals surface area (Å²) in [4.78, 5) is 8.88. The molecule has 1 saturated carbocycles. The molecule has 0 saturated heterocycles. The predicted octanol–water partition coefficient (Wildman–Crippen LogP) is 3.61. The van der Waals surface area contributed by atoms with Gasteiger partial charge in [-0.2, -0.15) is 0 Å². The number of fused-ring (bicyclic) bond motifs is 1. The molecule has 0 amide bonds. The number of rotatable bonds is 1. The Morgan fingerprint density at radius 3 is 2.50 bits per heavy atom. The molecule has 0 bridgehead atoms. The molecule has 2 aliphatic carbocycles. The minimum Gasteiger partial charge on any atom is -0.316 e. The molecular formula is C18H22ClN3. The van der Waals surface area contributed by atoms with Crippen molar-refractivity contribution in [1.82, 2.24) is 9.97 Å². The van der Waals surface area contributed by atoms with Crippen molar-refractivity contribution >= 4 is 12.4 Å². The lowest BCUT2D eigenvalue weighted by atomic mass is 9.61. The fourth-order valence-electron chi connectivity index (χ4n) is 4.56. The zero-order chi connectivity index (χ0) is 14.3. The van der Waals surface area contributed by atoms with E-state index < -0.39 is 5.54 Å². The summed E-state index contributed by atoms with van der Waals surface area (Å²) >= 11 is 0. The van der Waals surface area contributed by atoms with Gasteiger partial charge in [0.2, 0.25) is 0 Å². The first-order valence-electron chi connectivity index (χ1n) is 7.90. The van der Waals surface area contributed by atoms with Crippen LogP contribution in [-0.2, 0) is 12.0 Å². The minimum atomic E-state index is -0.488. The normalized spacial score (nSPS) is 25.5. The van der Waals surface area contributed by atoms with E-state index in [9.17, 15) is 0 Å². The molecule has 1 aromatic heterocycles. The first-order valence-corrected chi connectivity index (χ1v) is 7.90. The van der Waals surface area contributed by atoms with Crippen molar-refractivity contribution in [3.8, 4) is 0 Å². The van der Waals surface area contributed by atoms with Gasteiger partial charge in [-0.15, -0.1) is 12.4 Å². The Morgan fingerprint density at radius 2 is 1.77 bits per heavy atom. The predicted molar refractivity (Wildman–Crippen MR) is 89.9 cm³/mol. The molecule has 0 aliphatic heterocycles. The van der Waals surface area contributed by atoms with E-state index in [1.54, 1.807) is 12.4 Å². The van der Waals surface area contributed by atoms with Crippen molar-refractivity contribution in [3.63, 3.8) is 0 Å². The van der Waals surface area contributed by atoms with Gasteiger partial charge in [0, 0.05) is 17.8 Å². The quantitative estimate of drug-likeness (QED) is 0.874. The number of aromatic nitrogens is 2. The molecule has 1 aromatic carbocycles. The van der Waals surface area contributed by atoms with E-state index in [1.807, 2.05) is 6.20 Å². The fraction of sp³-hybridized carbons (Fsp3) is 0.444. The van der Waals surface area contributed by atoms with Crippen molar-refractivity contribution in [2.24, 2.45) is 11.1 Å². The van der Waals surface area contributed by atoms with E-state index in [1.165, 1.54) is 43.2 Å². The summed E-state index contributed by atoms with van der Waals surface area (Å²) in [6, 6.07) is 8.64. The van der Waals surface area contributed by atoms with Gasteiger partial charge in [-0.25, -0.2) is 0 Å². The lowest BCUT2D eigenvalue weighted by Gasteiger charge is -2.46. The monoisotopic (exact) mass is 315 g/mol. The molecule has 0 radical (unpaired) electrons. The molecule has 1 unspecified atom stereocenters. The fourth-order valence-corrected chi connectivity index (χ4v) is 4.56. The SMILES string of the molecule is Cl.NC1(c2cnccn2)c2ccccc2CC12CCCCC2. The van der Waals surface area contributed by atoms with E-state index in [4.69, 9.17) is 5.73 Å². The van der Waals surface area contributed by atoms with Gasteiger partial charge in [-0.05, 0) is 30.4 Å². The van der Waals surface area contributed by atoms with Crippen molar-refractivity contribution in [2.75, 3.05) is 0 Å². The second-order valence-corrected chi connectivity index (χ2v) is 6.57. The Bertz CT molecular complexity index is 652. The summed E-state index contributed by atoms with van der Waals surface area (Å²) in [5, 5.41) is 0. The van der Waals surface area contributed by atoms with Crippen molar-refractivity contribution in [2.45, 2.75) is 44.1 Å². The first kappa shape index (κ1) is 15.4. The van der Waals surface area contributed by atoms with Crippen LogP contribution in [0.5, 0.6) is 0 Å². The maximum atomic E-state index is 7.10. The highest BCUT2D eigenvalue weighted by atomic mass is 35.5. The Hall–Kier alpha value is -1.45. The van der Waals surface area contributed by atoms with Crippen LogP contribution < -0.4 is 5.73 Å². The molecule has 2 N–H and O–H groups in total. The van der Waals surface area contributed by atoms with Crippen LogP contribution in [0.25, 0.3) is 0 Å². The molecule has 22 heavy (non-hydrogen) atoms. The molecule has 2 aliphatic rings. The average Bonchev–Trinajstić information content (AvgIpc) is 2.79. The van der Waals surface area contributed by atoms with Gasteiger partial charge in [0.25, 0.3) is 0 Å². The Morgan fingerprint density at radius 1 is 1.00 bits per heavy atom. The zero-order valence-electron chi connectivity index (χ0n) is 12.7. The van der Waals surface area contributed by atoms with Crippen LogP contribution in [0.1, 0.15) is 48.9 Å². The minimum absolute atomic E-state index is 0. The third-order valence-electron chi connectivity index (χ3n) is 5.59. The summed E-state index contributed by atoms with van der Waals surface area (Å²) in [5.41, 5.74) is 10.3. The van der Waals surface area contributed by atoms with E-state index in [2.05, 4.69) is 34.2 Å². The number of nitrogens with two attached hydrogens (primary N) is 1. The highest BCUT2D eigenvalue weighted by Gasteiger charge is 2.57. The van der Waals surface area contributed by atoms with Gasteiger partial charge in [0.15, 0.2) is 0 Å². The van der Waals surface area contributed by atoms with Crippen molar-refractivity contribution in [3.05, 3.63) is 59.7 Å². The van der Waals surface area contributed by atoms with Gasteiger partial charge in [-0.1, -0.05) is 43.5 Å². The van der Waals surface area contributed by atoms with E-state index in [0.717, 1.165) is 12.1 Å². The maximum absolute atomic E-state index is 7.10. The Kier molecular flexibility index (Phi) is 3.96. The van der Waals surface area contributed by atoms with E-state index >= 15 is 0 Å². The topological polar surface area (TPSA) is 51.8 Å². The smallest absolute Gasteiger partial charge is 0.0917 e. The highest BCUT2D eigenvalue weighted by molar-refractivity contribution is 5.85. The number of hydrogen-bond donors (Lipinski definition) is 1. The molecule has 1 spiro atoms. The highest BCUT2D eigenvalue weighted by Crippen LogP contribution is 2.58. The molecule has 4 heteroatoms. The maximum Gasteiger partial charge on any atom is 0.0917 e. The summed E-state index contributed by atoms with van der Waals surface area (Å²) in [6.07, 6.45) is 12.7. The van der Waals surface area contributed by atoms with Gasteiger partial charge < -0.3 is 5.73 Å². The van der Waals surface area contributed by atoms with E-state index in [0.29, 0.717) is 0 Å². The van der Waals surface area contributed by atoms with Crippen LogP contribution in [0.15, 0.2) is 42.9 Å². The van der Waals surface area contributed by atoms with Gasteiger partial charge >= 0.3 is 0 Å². The lowest BCUT2D eigenvalue weighted by Crippen LogP contribution is -2.52. The molecule has 1 fully saturated rings. The van der Waals surface area contributed by atoms with Crippen LogP contribution in [0, 0.1) is 5.41 Å². The molecule has 2 aromatic rings. The zero-order valence-corrected chi connectivity index (χ0v) is 13.5. The molecule has 3 nitrogen and oxygen atoms in total. The summed E-state index contributed by atoms with van der Waals surface area (Å²) in [6.45, 7) is 0. The molecule has 4 rings (SSSR count). The summed E-state index contributed by atoms with van der Waals surface area (Å²) in [7, 11) is 0. The van der Waals surface area contributed by atoms with E-state index in [-0.39, 0.29) is 17.8 Å². The van der Waals surface area contributed by atoms with Crippen LogP contribution in [-0.4, -0.2) is 9.97 Å². The van der Waals surface area contributed by atoms with Crippen molar-refractivity contribution < 1.29 is 0 Å². The summed E-state index contributed by atoms with van der Waals surface area (Å²) in [5.74, 6) is 0. The molecular weight excluding hydrogens is 294 g/mol. The summed E-state index contributed by atoms with van der Waals surface area (Å²) < 4.78 is 0. The second kappa shape index (κ2) is 5.64. The number of nitrogens with zero attached hydrogens (tertiary/aromatic N) is 2. The van der Waals surface area contributed by atoms with Crippen LogP contribution in [0.4, 0.5) is 0 Å².